The highest BCUT2D eigenvalue weighted by Gasteiger charge is 2.19. The van der Waals surface area contributed by atoms with E-state index in [1.165, 1.54) is 0 Å². The molecule has 0 radical (unpaired) electrons. The Morgan fingerprint density at radius 1 is 1.55 bits per heavy atom. The smallest absolute Gasteiger partial charge is 0.320 e. The number of carbonyl (C=O) groups is 1. The lowest BCUT2D eigenvalue weighted by molar-refractivity contribution is 0.192. The first-order valence-electron chi connectivity index (χ1n) is 3.96. The van der Waals surface area contributed by atoms with Gasteiger partial charge in [-0.15, -0.1) is 0 Å². The number of hydrogen-bond donors (Lipinski definition) is 0. The molecule has 11 heavy (non-hydrogen) atoms. The Morgan fingerprint density at radius 2 is 2.18 bits per heavy atom. The van der Waals surface area contributed by atoms with E-state index >= 15 is 0 Å². The Morgan fingerprint density at radius 3 is 2.64 bits per heavy atom. The van der Waals surface area contributed by atoms with Crippen LogP contribution in [0.15, 0.2) is 4.99 Å². The van der Waals surface area contributed by atoms with Gasteiger partial charge in [0.2, 0.25) is 0 Å². The second-order valence-corrected chi connectivity index (χ2v) is 3.17. The van der Waals surface area contributed by atoms with Crippen molar-refractivity contribution in [2.75, 3.05) is 6.54 Å². The van der Waals surface area contributed by atoms with Crippen LogP contribution in [0.25, 0.3) is 0 Å². The van der Waals surface area contributed by atoms with Gasteiger partial charge in [-0.1, -0.05) is 0 Å². The monoisotopic (exact) mass is 154 g/mol. The van der Waals surface area contributed by atoms with E-state index in [0.29, 0.717) is 0 Å². The lowest BCUT2D eigenvalue weighted by Gasteiger charge is -2.27. The Kier molecular flexibility index (Phi) is 2.27. The minimum absolute atomic E-state index is 0.0799. The quantitative estimate of drug-likeness (QED) is 0.565. The van der Waals surface area contributed by atoms with Crippen molar-refractivity contribution in [1.29, 1.82) is 0 Å². The van der Waals surface area contributed by atoms with Gasteiger partial charge in [-0.05, 0) is 20.8 Å². The van der Waals surface area contributed by atoms with Gasteiger partial charge in [0.15, 0.2) is 0 Å². The minimum Gasteiger partial charge on any atom is -0.320 e. The summed E-state index contributed by atoms with van der Waals surface area (Å²) in [5.41, 5.74) is 0.951. The fourth-order valence-electron chi connectivity index (χ4n) is 1.14. The molecule has 0 aromatic rings. The van der Waals surface area contributed by atoms with Crippen LogP contribution in [-0.2, 0) is 0 Å². The van der Waals surface area contributed by atoms with Crippen molar-refractivity contribution in [2.45, 2.75) is 33.2 Å². The molecule has 1 aliphatic rings. The van der Waals surface area contributed by atoms with Crippen LogP contribution in [0.5, 0.6) is 0 Å². The van der Waals surface area contributed by atoms with E-state index in [9.17, 15) is 4.79 Å². The van der Waals surface area contributed by atoms with Crippen molar-refractivity contribution in [1.82, 2.24) is 4.90 Å². The van der Waals surface area contributed by atoms with E-state index in [1.807, 2.05) is 20.8 Å². The highest BCUT2D eigenvalue weighted by Crippen LogP contribution is 2.08. The molecule has 62 valence electrons. The van der Waals surface area contributed by atoms with Crippen molar-refractivity contribution in [3.05, 3.63) is 0 Å². The lowest BCUT2D eigenvalue weighted by atomic mass is 10.2. The van der Waals surface area contributed by atoms with Gasteiger partial charge in [-0.2, -0.15) is 0 Å². The van der Waals surface area contributed by atoms with E-state index in [4.69, 9.17) is 0 Å². The first-order chi connectivity index (χ1) is 5.11. The molecule has 0 fully saturated rings. The summed E-state index contributed by atoms with van der Waals surface area (Å²) in [6.07, 6.45) is 0.921. The maximum absolute atomic E-state index is 11.2. The summed E-state index contributed by atoms with van der Waals surface area (Å²) in [7, 11) is 0. The van der Waals surface area contributed by atoms with Crippen LogP contribution in [0.3, 0.4) is 0 Å². The van der Waals surface area contributed by atoms with Crippen molar-refractivity contribution in [2.24, 2.45) is 4.99 Å². The summed E-state index contributed by atoms with van der Waals surface area (Å²) in [5, 5.41) is 0. The number of hydrogen-bond acceptors (Lipinski definition) is 1. The first kappa shape index (κ1) is 8.24. The SMILES string of the molecule is CC1=NC(=O)N(C(C)C)CC1. The van der Waals surface area contributed by atoms with Crippen molar-refractivity contribution in [3.8, 4) is 0 Å². The number of amides is 2. The molecule has 0 aliphatic carbocycles. The van der Waals surface area contributed by atoms with Gasteiger partial charge in [-0.3, -0.25) is 0 Å². The number of aliphatic imine (C=N–C) groups is 1. The van der Waals surface area contributed by atoms with Crippen molar-refractivity contribution >= 4 is 11.7 Å². The van der Waals surface area contributed by atoms with Crippen molar-refractivity contribution < 1.29 is 4.79 Å². The van der Waals surface area contributed by atoms with Gasteiger partial charge in [0, 0.05) is 24.7 Å². The summed E-state index contributed by atoms with van der Waals surface area (Å²) in [5.74, 6) is 0. The van der Waals surface area contributed by atoms with Crippen LogP contribution in [0, 0.1) is 0 Å². The second kappa shape index (κ2) is 3.03. The summed E-state index contributed by atoms with van der Waals surface area (Å²) in [4.78, 5) is 16.9. The Balaban J connectivity index is 2.68. The predicted molar refractivity (Wildman–Crippen MR) is 45.0 cm³/mol. The zero-order valence-electron chi connectivity index (χ0n) is 7.29. The zero-order valence-corrected chi connectivity index (χ0v) is 7.29. The minimum atomic E-state index is -0.0799. The van der Waals surface area contributed by atoms with Crippen LogP contribution >= 0.6 is 0 Å². The maximum atomic E-state index is 11.2. The third-order valence-electron chi connectivity index (χ3n) is 1.87. The van der Waals surface area contributed by atoms with Gasteiger partial charge in [-0.25, -0.2) is 9.79 Å². The molecule has 3 heteroatoms. The topological polar surface area (TPSA) is 32.7 Å². The molecule has 1 rings (SSSR count). The molecule has 0 aromatic heterocycles. The van der Waals surface area contributed by atoms with Crippen LogP contribution in [-0.4, -0.2) is 29.2 Å². The maximum Gasteiger partial charge on any atom is 0.343 e. The molecule has 0 saturated heterocycles. The molecule has 0 aromatic carbocycles. The van der Waals surface area contributed by atoms with E-state index in [0.717, 1.165) is 18.7 Å². The Bertz CT molecular complexity index is 196. The predicted octanol–water partition coefficient (Wildman–Crippen LogP) is 1.68. The highest BCUT2D eigenvalue weighted by molar-refractivity contribution is 5.96. The molecule has 0 N–H and O–H groups in total. The van der Waals surface area contributed by atoms with Gasteiger partial charge in [0.25, 0.3) is 0 Å². The first-order valence-corrected chi connectivity index (χ1v) is 3.96. The number of rotatable bonds is 1. The molecule has 0 unspecified atom stereocenters. The van der Waals surface area contributed by atoms with Crippen LogP contribution in [0.4, 0.5) is 4.79 Å². The Labute approximate surface area is 67.1 Å². The number of urea groups is 1. The van der Waals surface area contributed by atoms with Gasteiger partial charge < -0.3 is 4.90 Å². The van der Waals surface area contributed by atoms with E-state index in [-0.39, 0.29) is 12.1 Å². The van der Waals surface area contributed by atoms with Crippen LogP contribution in [0.1, 0.15) is 27.2 Å². The molecule has 0 saturated carbocycles. The normalized spacial score (nSPS) is 19.1. The molecule has 2 amide bonds. The fourth-order valence-corrected chi connectivity index (χ4v) is 1.14. The molecular formula is C8H14N2O. The standard InChI is InChI=1S/C8H14N2O/c1-6(2)10-5-4-7(3)9-8(10)11/h6H,4-5H2,1-3H3. The van der Waals surface area contributed by atoms with E-state index in [2.05, 4.69) is 4.99 Å². The lowest BCUT2D eigenvalue weighted by Crippen LogP contribution is -2.39. The second-order valence-electron chi connectivity index (χ2n) is 3.17. The zero-order chi connectivity index (χ0) is 8.43. The summed E-state index contributed by atoms with van der Waals surface area (Å²) in [6.45, 7) is 6.74. The molecule has 0 spiro atoms. The summed E-state index contributed by atoms with van der Waals surface area (Å²) in [6, 6.07) is 0.197. The van der Waals surface area contributed by atoms with Gasteiger partial charge in [0.1, 0.15) is 0 Å². The molecule has 1 aliphatic heterocycles. The average molecular weight is 154 g/mol. The third-order valence-corrected chi connectivity index (χ3v) is 1.87. The molecular weight excluding hydrogens is 140 g/mol. The average Bonchev–Trinajstić information content (AvgIpc) is 1.85. The molecule has 1 heterocycles. The molecule has 3 nitrogen and oxygen atoms in total. The highest BCUT2D eigenvalue weighted by atomic mass is 16.2. The summed E-state index contributed by atoms with van der Waals surface area (Å²) < 4.78 is 0. The molecule has 0 bridgehead atoms. The van der Waals surface area contributed by atoms with E-state index in [1.54, 1.807) is 4.90 Å². The number of carbonyl (C=O) groups excluding carboxylic acids is 1. The van der Waals surface area contributed by atoms with E-state index < -0.39 is 0 Å². The fraction of sp³-hybridized carbons (Fsp3) is 0.750. The summed E-state index contributed by atoms with van der Waals surface area (Å²) >= 11 is 0. The van der Waals surface area contributed by atoms with Crippen molar-refractivity contribution in [3.63, 3.8) is 0 Å². The van der Waals surface area contributed by atoms with Gasteiger partial charge >= 0.3 is 6.03 Å². The Hall–Kier alpha value is -0.860. The van der Waals surface area contributed by atoms with Crippen LogP contribution < -0.4 is 0 Å². The largest absolute Gasteiger partial charge is 0.343 e. The molecule has 0 atom stereocenters. The van der Waals surface area contributed by atoms with Gasteiger partial charge in [0.05, 0.1) is 0 Å². The third kappa shape index (κ3) is 1.79. The number of nitrogens with zero attached hydrogens (tertiary/aromatic N) is 2. The van der Waals surface area contributed by atoms with Crippen LogP contribution in [0.2, 0.25) is 0 Å².